The summed E-state index contributed by atoms with van der Waals surface area (Å²) in [5, 5.41) is 6.85. The van der Waals surface area contributed by atoms with Gasteiger partial charge in [-0.05, 0) is 18.9 Å². The van der Waals surface area contributed by atoms with E-state index in [4.69, 9.17) is 5.73 Å². The zero-order valence-electron chi connectivity index (χ0n) is 9.02. The van der Waals surface area contributed by atoms with Gasteiger partial charge < -0.3 is 11.1 Å². The van der Waals surface area contributed by atoms with Crippen molar-refractivity contribution in [3.63, 3.8) is 0 Å². The number of hydrogen-bond acceptors (Lipinski definition) is 3. The summed E-state index contributed by atoms with van der Waals surface area (Å²) in [4.78, 5) is 11.3. The van der Waals surface area contributed by atoms with Crippen LogP contribution in [0.5, 0.6) is 0 Å². The zero-order valence-corrected chi connectivity index (χ0v) is 9.02. The Hall–Kier alpha value is -1.36. The molecule has 1 unspecified atom stereocenters. The molecular weight excluding hydrogens is 192 g/mol. The van der Waals surface area contributed by atoms with E-state index in [0.717, 1.165) is 13.0 Å². The molecule has 0 saturated heterocycles. The van der Waals surface area contributed by atoms with Crippen LogP contribution in [-0.4, -0.2) is 28.3 Å². The maximum Gasteiger partial charge on any atom is 0.236 e. The monoisotopic (exact) mass is 210 g/mol. The summed E-state index contributed by atoms with van der Waals surface area (Å²) in [6, 6.07) is 1.50. The molecule has 0 aliphatic carbocycles. The van der Waals surface area contributed by atoms with Gasteiger partial charge in [-0.2, -0.15) is 5.10 Å². The lowest BCUT2D eigenvalue weighted by Gasteiger charge is -2.09. The van der Waals surface area contributed by atoms with Crippen molar-refractivity contribution in [2.75, 3.05) is 6.54 Å². The summed E-state index contributed by atoms with van der Waals surface area (Å²) in [7, 11) is 0. The van der Waals surface area contributed by atoms with E-state index in [-0.39, 0.29) is 11.9 Å². The Kier molecular flexibility index (Phi) is 4.83. The average Bonchev–Trinajstić information content (AvgIpc) is 2.75. The van der Waals surface area contributed by atoms with Crippen molar-refractivity contribution in [1.82, 2.24) is 15.1 Å². The Morgan fingerprint density at radius 1 is 1.67 bits per heavy atom. The first-order valence-electron chi connectivity index (χ1n) is 5.24. The number of nitrogens with two attached hydrogens (primary N) is 1. The molecule has 0 aliphatic rings. The third-order valence-electron chi connectivity index (χ3n) is 2.20. The topological polar surface area (TPSA) is 72.9 Å². The third-order valence-corrected chi connectivity index (χ3v) is 2.20. The molecule has 1 aromatic heterocycles. The van der Waals surface area contributed by atoms with Crippen molar-refractivity contribution in [1.29, 1.82) is 0 Å². The molecule has 0 spiro atoms. The van der Waals surface area contributed by atoms with E-state index < -0.39 is 0 Å². The molecule has 1 rings (SSSR count). The van der Waals surface area contributed by atoms with Crippen LogP contribution in [0.2, 0.25) is 0 Å². The van der Waals surface area contributed by atoms with Gasteiger partial charge in [0.1, 0.15) is 0 Å². The van der Waals surface area contributed by atoms with Crippen LogP contribution in [0.15, 0.2) is 18.5 Å². The molecule has 3 N–H and O–H groups in total. The Morgan fingerprint density at radius 2 is 2.47 bits per heavy atom. The highest BCUT2D eigenvalue weighted by Crippen LogP contribution is 1.89. The lowest BCUT2D eigenvalue weighted by molar-refractivity contribution is -0.122. The van der Waals surface area contributed by atoms with E-state index in [0.29, 0.717) is 13.0 Å². The van der Waals surface area contributed by atoms with Crippen LogP contribution in [0.3, 0.4) is 0 Å². The molecule has 5 heteroatoms. The predicted octanol–water partition coefficient (Wildman–Crippen LogP) is 0.127. The molecule has 5 nitrogen and oxygen atoms in total. The highest BCUT2D eigenvalue weighted by atomic mass is 16.2. The van der Waals surface area contributed by atoms with E-state index >= 15 is 0 Å². The molecule has 0 aromatic carbocycles. The highest BCUT2D eigenvalue weighted by molar-refractivity contribution is 5.81. The van der Waals surface area contributed by atoms with Crippen LogP contribution in [0.4, 0.5) is 0 Å². The number of rotatable bonds is 6. The van der Waals surface area contributed by atoms with Gasteiger partial charge in [0.2, 0.25) is 5.91 Å². The molecule has 0 aliphatic heterocycles. The van der Waals surface area contributed by atoms with Crippen LogP contribution in [-0.2, 0) is 11.3 Å². The molecule has 15 heavy (non-hydrogen) atoms. The summed E-state index contributed by atoms with van der Waals surface area (Å²) in [6.45, 7) is 3.36. The minimum absolute atomic E-state index is 0.0713. The fourth-order valence-electron chi connectivity index (χ4n) is 1.20. The van der Waals surface area contributed by atoms with Crippen LogP contribution < -0.4 is 11.1 Å². The Morgan fingerprint density at radius 3 is 3.07 bits per heavy atom. The maximum atomic E-state index is 11.3. The van der Waals surface area contributed by atoms with Gasteiger partial charge in [0, 0.05) is 25.5 Å². The number of hydrogen-bond donors (Lipinski definition) is 2. The van der Waals surface area contributed by atoms with E-state index in [2.05, 4.69) is 10.4 Å². The van der Waals surface area contributed by atoms with E-state index in [1.807, 2.05) is 23.9 Å². The fraction of sp³-hybridized carbons (Fsp3) is 0.600. The summed E-state index contributed by atoms with van der Waals surface area (Å²) >= 11 is 0. The summed E-state index contributed by atoms with van der Waals surface area (Å²) < 4.78 is 1.84. The highest BCUT2D eigenvalue weighted by Gasteiger charge is 2.08. The van der Waals surface area contributed by atoms with Crippen LogP contribution >= 0.6 is 0 Å². The van der Waals surface area contributed by atoms with Crippen molar-refractivity contribution < 1.29 is 4.79 Å². The number of carbonyl (C=O) groups is 1. The minimum Gasteiger partial charge on any atom is -0.355 e. The average molecular weight is 210 g/mol. The molecule has 0 fully saturated rings. The van der Waals surface area contributed by atoms with Crippen molar-refractivity contribution >= 4 is 5.91 Å². The van der Waals surface area contributed by atoms with Gasteiger partial charge in [0.05, 0.1) is 6.04 Å². The zero-order chi connectivity index (χ0) is 11.1. The first-order valence-corrected chi connectivity index (χ1v) is 5.24. The number of nitrogens with zero attached hydrogens (tertiary/aromatic N) is 2. The van der Waals surface area contributed by atoms with E-state index in [1.54, 1.807) is 6.20 Å². The van der Waals surface area contributed by atoms with Gasteiger partial charge in [-0.25, -0.2) is 0 Å². The van der Waals surface area contributed by atoms with Crippen molar-refractivity contribution in [3.8, 4) is 0 Å². The van der Waals surface area contributed by atoms with Gasteiger partial charge >= 0.3 is 0 Å². The standard InChI is InChI=1S/C10H18N4O/c1-2-9(11)10(15)12-5-3-7-14-8-4-6-13-14/h4,6,8-9H,2-3,5,7,11H2,1H3,(H,12,15). The van der Waals surface area contributed by atoms with Crippen LogP contribution in [0.25, 0.3) is 0 Å². The Balaban J connectivity index is 2.09. The molecule has 0 saturated carbocycles. The van der Waals surface area contributed by atoms with Gasteiger partial charge in [-0.15, -0.1) is 0 Å². The number of aromatic nitrogens is 2. The molecule has 0 radical (unpaired) electrons. The normalized spacial score (nSPS) is 12.4. The van der Waals surface area contributed by atoms with Crippen molar-refractivity contribution in [2.24, 2.45) is 5.73 Å². The second-order valence-corrected chi connectivity index (χ2v) is 3.43. The van der Waals surface area contributed by atoms with Gasteiger partial charge in [-0.3, -0.25) is 9.48 Å². The molecule has 0 bridgehead atoms. The lowest BCUT2D eigenvalue weighted by Crippen LogP contribution is -2.40. The molecule has 1 amide bonds. The number of amides is 1. The number of carbonyl (C=O) groups excluding carboxylic acids is 1. The SMILES string of the molecule is CCC(N)C(=O)NCCCn1cccn1. The van der Waals surface area contributed by atoms with Crippen LogP contribution in [0.1, 0.15) is 19.8 Å². The largest absolute Gasteiger partial charge is 0.355 e. The molecule has 1 heterocycles. The molecular formula is C10H18N4O. The van der Waals surface area contributed by atoms with Crippen molar-refractivity contribution in [3.05, 3.63) is 18.5 Å². The second kappa shape index (κ2) is 6.19. The van der Waals surface area contributed by atoms with Crippen molar-refractivity contribution in [2.45, 2.75) is 32.4 Å². The van der Waals surface area contributed by atoms with E-state index in [9.17, 15) is 4.79 Å². The number of nitrogens with one attached hydrogen (secondary N) is 1. The molecule has 1 atom stereocenters. The maximum absolute atomic E-state index is 11.3. The van der Waals surface area contributed by atoms with Gasteiger partial charge in [0.25, 0.3) is 0 Å². The summed E-state index contributed by atoms with van der Waals surface area (Å²) in [5.74, 6) is -0.0713. The van der Waals surface area contributed by atoms with Crippen LogP contribution in [0, 0.1) is 0 Å². The van der Waals surface area contributed by atoms with E-state index in [1.165, 1.54) is 0 Å². The molecule has 1 aromatic rings. The Bertz CT molecular complexity index is 284. The van der Waals surface area contributed by atoms with Gasteiger partial charge in [-0.1, -0.05) is 6.92 Å². The quantitative estimate of drug-likeness (QED) is 0.655. The molecule has 84 valence electrons. The number of aryl methyl sites for hydroxylation is 1. The third kappa shape index (κ3) is 4.12. The second-order valence-electron chi connectivity index (χ2n) is 3.43. The van der Waals surface area contributed by atoms with Gasteiger partial charge in [0.15, 0.2) is 0 Å². The minimum atomic E-state index is -0.380. The lowest BCUT2D eigenvalue weighted by atomic mass is 10.2. The first kappa shape index (κ1) is 11.7. The smallest absolute Gasteiger partial charge is 0.236 e. The summed E-state index contributed by atoms with van der Waals surface area (Å²) in [6.07, 6.45) is 5.18. The fourth-order valence-corrected chi connectivity index (χ4v) is 1.20. The Labute approximate surface area is 89.6 Å². The first-order chi connectivity index (χ1) is 7.24. The summed E-state index contributed by atoms with van der Waals surface area (Å²) in [5.41, 5.74) is 5.56. The predicted molar refractivity (Wildman–Crippen MR) is 58.1 cm³/mol.